The zero-order chi connectivity index (χ0) is 16.0. The molecular weight excluding hydrogens is 310 g/mol. The van der Waals surface area contributed by atoms with Crippen LogP contribution in [0.1, 0.15) is 12.5 Å². The number of ether oxygens (including phenoxy) is 1. The van der Waals surface area contributed by atoms with Crippen molar-refractivity contribution in [3.8, 4) is 11.4 Å². The molecule has 5 nitrogen and oxygen atoms in total. The minimum absolute atomic E-state index is 0.0173. The van der Waals surface area contributed by atoms with Gasteiger partial charge in [0.05, 0.1) is 11.3 Å². The number of hydrogen-bond donors (Lipinski definition) is 0. The van der Waals surface area contributed by atoms with Crippen molar-refractivity contribution in [1.29, 1.82) is 0 Å². The van der Waals surface area contributed by atoms with Gasteiger partial charge in [-0.05, 0) is 31.4 Å². The van der Waals surface area contributed by atoms with E-state index in [0.717, 1.165) is 10.6 Å². The monoisotopic (exact) mass is 325 g/mol. The summed E-state index contributed by atoms with van der Waals surface area (Å²) in [5.74, 6) is 0.586. The molecule has 1 unspecified atom stereocenters. The van der Waals surface area contributed by atoms with Gasteiger partial charge in [0, 0.05) is 23.7 Å². The summed E-state index contributed by atoms with van der Waals surface area (Å²) in [4.78, 5) is 22.9. The zero-order valence-electron chi connectivity index (χ0n) is 12.8. The fourth-order valence-electron chi connectivity index (χ4n) is 2.95. The number of thioether (sulfide) groups is 1. The fourth-order valence-corrected chi connectivity index (χ4v) is 3.41. The Morgan fingerprint density at radius 1 is 1.30 bits per heavy atom. The van der Waals surface area contributed by atoms with Gasteiger partial charge >= 0.3 is 0 Å². The summed E-state index contributed by atoms with van der Waals surface area (Å²) in [5, 5.41) is 0. The van der Waals surface area contributed by atoms with Crippen LogP contribution < -0.4 is 10.3 Å². The highest BCUT2D eigenvalue weighted by Gasteiger charge is 2.28. The lowest BCUT2D eigenvalue weighted by atomic mass is 10.1. The maximum Gasteiger partial charge on any atom is 0.263 e. The molecule has 3 aromatic rings. The van der Waals surface area contributed by atoms with Crippen molar-refractivity contribution in [3.05, 3.63) is 52.6 Å². The van der Waals surface area contributed by atoms with Gasteiger partial charge in [0.1, 0.15) is 11.6 Å². The van der Waals surface area contributed by atoms with Crippen LogP contribution in [0.15, 0.2) is 46.3 Å². The summed E-state index contributed by atoms with van der Waals surface area (Å²) in [6.07, 6.45) is 5.82. The van der Waals surface area contributed by atoms with Gasteiger partial charge in [-0.15, -0.1) is 11.8 Å². The third kappa shape index (κ3) is 2.21. The molecule has 0 N–H and O–H groups in total. The van der Waals surface area contributed by atoms with Crippen LogP contribution in [0, 0.1) is 0 Å². The Kier molecular flexibility index (Phi) is 3.34. The van der Waals surface area contributed by atoms with E-state index in [9.17, 15) is 4.79 Å². The Morgan fingerprint density at radius 3 is 2.96 bits per heavy atom. The highest BCUT2D eigenvalue weighted by atomic mass is 32.2. The van der Waals surface area contributed by atoms with Crippen LogP contribution >= 0.6 is 11.8 Å². The molecule has 4 rings (SSSR count). The molecule has 0 amide bonds. The predicted molar refractivity (Wildman–Crippen MR) is 90.7 cm³/mol. The molecule has 116 valence electrons. The lowest BCUT2D eigenvalue weighted by Gasteiger charge is -2.12. The number of fused-ring (bicyclic) bond motifs is 3. The maximum absolute atomic E-state index is 13.0. The second-order valence-electron chi connectivity index (χ2n) is 5.51. The zero-order valence-corrected chi connectivity index (χ0v) is 13.6. The molecular formula is C17H15N3O2S. The van der Waals surface area contributed by atoms with Crippen molar-refractivity contribution in [2.24, 2.45) is 0 Å². The molecule has 0 saturated carbocycles. The summed E-state index contributed by atoms with van der Waals surface area (Å²) < 4.78 is 7.46. The van der Waals surface area contributed by atoms with Gasteiger partial charge in [-0.2, -0.15) is 0 Å². The molecule has 0 spiro atoms. The van der Waals surface area contributed by atoms with Crippen LogP contribution in [-0.4, -0.2) is 26.9 Å². The molecule has 0 fully saturated rings. The Labute approximate surface area is 137 Å². The maximum atomic E-state index is 13.0. The molecule has 6 heteroatoms. The first-order valence-corrected chi connectivity index (χ1v) is 8.61. The fraction of sp³-hybridized carbons (Fsp3) is 0.235. The van der Waals surface area contributed by atoms with Crippen molar-refractivity contribution >= 4 is 22.9 Å². The van der Waals surface area contributed by atoms with E-state index in [4.69, 9.17) is 4.74 Å². The lowest BCUT2D eigenvalue weighted by Crippen LogP contribution is -2.23. The molecule has 1 aliphatic heterocycles. The van der Waals surface area contributed by atoms with Gasteiger partial charge in [0.25, 0.3) is 5.56 Å². The highest BCUT2D eigenvalue weighted by Crippen LogP contribution is 2.33. The first kappa shape index (κ1) is 14.3. The van der Waals surface area contributed by atoms with E-state index in [1.165, 1.54) is 0 Å². The van der Waals surface area contributed by atoms with Crippen molar-refractivity contribution in [2.75, 3.05) is 6.26 Å². The molecule has 3 heterocycles. The van der Waals surface area contributed by atoms with Gasteiger partial charge in [0.15, 0.2) is 11.4 Å². The van der Waals surface area contributed by atoms with Crippen molar-refractivity contribution in [1.82, 2.24) is 14.5 Å². The smallest absolute Gasteiger partial charge is 0.263 e. The van der Waals surface area contributed by atoms with Gasteiger partial charge in [-0.1, -0.05) is 6.07 Å². The largest absolute Gasteiger partial charge is 0.487 e. The van der Waals surface area contributed by atoms with Crippen molar-refractivity contribution < 1.29 is 4.74 Å². The van der Waals surface area contributed by atoms with Crippen molar-refractivity contribution in [2.45, 2.75) is 24.3 Å². The first-order valence-electron chi connectivity index (χ1n) is 7.38. The molecule has 0 radical (unpaired) electrons. The lowest BCUT2D eigenvalue weighted by molar-refractivity contribution is 0.257. The average molecular weight is 325 g/mol. The van der Waals surface area contributed by atoms with E-state index < -0.39 is 0 Å². The Balaban J connectivity index is 2.09. The number of pyridine rings is 1. The summed E-state index contributed by atoms with van der Waals surface area (Å²) in [7, 11) is 0. The van der Waals surface area contributed by atoms with Crippen LogP contribution in [0.4, 0.5) is 0 Å². The number of rotatable bonds is 2. The number of hydrogen-bond acceptors (Lipinski definition) is 5. The van der Waals surface area contributed by atoms with Crippen LogP contribution in [0.25, 0.3) is 16.9 Å². The van der Waals surface area contributed by atoms with E-state index in [1.54, 1.807) is 28.7 Å². The molecule has 23 heavy (non-hydrogen) atoms. The number of aromatic nitrogens is 3. The quantitative estimate of drug-likeness (QED) is 0.678. The molecule has 0 bridgehead atoms. The standard InChI is InChI=1S/C17H15N3O2S/c1-10-8-13-15(22-10)14-16(19-7-6-18-14)20(17(13)21)11-4-3-5-12(9-11)23-2/h3-7,9-10H,8H2,1-2H3. The molecule has 2 aromatic heterocycles. The van der Waals surface area contributed by atoms with E-state index in [1.807, 2.05) is 37.4 Å². The van der Waals surface area contributed by atoms with Crippen LogP contribution in [-0.2, 0) is 6.42 Å². The Bertz CT molecular complexity index is 968. The molecule has 1 atom stereocenters. The van der Waals surface area contributed by atoms with Crippen LogP contribution in [0.3, 0.4) is 0 Å². The highest BCUT2D eigenvalue weighted by molar-refractivity contribution is 7.98. The summed E-state index contributed by atoms with van der Waals surface area (Å²) in [5.41, 5.74) is 2.58. The van der Waals surface area contributed by atoms with Crippen molar-refractivity contribution in [3.63, 3.8) is 0 Å². The summed E-state index contributed by atoms with van der Waals surface area (Å²) in [6, 6.07) is 7.88. The van der Waals surface area contributed by atoms with E-state index in [2.05, 4.69) is 9.97 Å². The van der Waals surface area contributed by atoms with Gasteiger partial charge in [-0.25, -0.2) is 9.97 Å². The molecule has 1 aliphatic rings. The number of nitrogens with zero attached hydrogens (tertiary/aromatic N) is 3. The van der Waals surface area contributed by atoms with E-state index in [0.29, 0.717) is 28.9 Å². The van der Waals surface area contributed by atoms with Gasteiger partial charge in [0.2, 0.25) is 0 Å². The average Bonchev–Trinajstić information content (AvgIpc) is 2.98. The minimum Gasteiger partial charge on any atom is -0.487 e. The minimum atomic E-state index is -0.0735. The first-order chi connectivity index (χ1) is 11.2. The second kappa shape index (κ2) is 5.38. The normalized spacial score (nSPS) is 16.3. The van der Waals surface area contributed by atoms with E-state index >= 15 is 0 Å². The molecule has 0 aliphatic carbocycles. The third-order valence-electron chi connectivity index (χ3n) is 3.96. The molecule has 1 aromatic carbocycles. The SMILES string of the molecule is CSc1cccc(-n2c(=O)c3c(c4nccnc42)OC(C)C3)c1. The van der Waals surface area contributed by atoms with Gasteiger partial charge < -0.3 is 4.74 Å². The summed E-state index contributed by atoms with van der Waals surface area (Å²) >= 11 is 1.64. The predicted octanol–water partition coefficient (Wildman–Crippen LogP) is 2.83. The van der Waals surface area contributed by atoms with Crippen LogP contribution in [0.5, 0.6) is 5.75 Å². The molecule has 0 saturated heterocycles. The Morgan fingerprint density at radius 2 is 2.13 bits per heavy atom. The van der Waals surface area contributed by atoms with Gasteiger partial charge in [-0.3, -0.25) is 9.36 Å². The van der Waals surface area contributed by atoms with E-state index in [-0.39, 0.29) is 11.7 Å². The third-order valence-corrected chi connectivity index (χ3v) is 4.69. The topological polar surface area (TPSA) is 57.0 Å². The second-order valence-corrected chi connectivity index (χ2v) is 6.39. The Hall–Kier alpha value is -2.34. The number of benzene rings is 1. The van der Waals surface area contributed by atoms with Crippen LogP contribution in [0.2, 0.25) is 0 Å². The summed E-state index contributed by atoms with van der Waals surface area (Å²) in [6.45, 7) is 1.96.